The quantitative estimate of drug-likeness (QED) is 0.772. The van der Waals surface area contributed by atoms with E-state index in [2.05, 4.69) is 17.5 Å². The van der Waals surface area contributed by atoms with Crippen LogP contribution >= 0.6 is 0 Å². The van der Waals surface area contributed by atoms with Crippen LogP contribution in [0.1, 0.15) is 39.5 Å². The van der Waals surface area contributed by atoms with Crippen LogP contribution in [0.2, 0.25) is 0 Å². The molecule has 1 atom stereocenters. The lowest BCUT2D eigenvalue weighted by Crippen LogP contribution is -2.42. The molecule has 0 bridgehead atoms. The number of nitrogens with one attached hydrogen (secondary N) is 1. The monoisotopic (exact) mass is 225 g/mol. The van der Waals surface area contributed by atoms with Gasteiger partial charge in [0.2, 0.25) is 5.91 Å². The molecule has 1 unspecified atom stereocenters. The van der Waals surface area contributed by atoms with Gasteiger partial charge in [-0.2, -0.15) is 5.10 Å². The highest BCUT2D eigenvalue weighted by Crippen LogP contribution is 2.08. The van der Waals surface area contributed by atoms with E-state index in [0.29, 0.717) is 18.6 Å². The number of hydrazone groups is 1. The van der Waals surface area contributed by atoms with Crippen molar-refractivity contribution >= 4 is 17.5 Å². The van der Waals surface area contributed by atoms with Gasteiger partial charge < -0.3 is 4.90 Å². The molecule has 0 saturated heterocycles. The third-order valence-electron chi connectivity index (χ3n) is 2.84. The Bertz CT molecular complexity index is 312. The number of hydrogen-bond acceptors (Lipinski definition) is 3. The van der Waals surface area contributed by atoms with Crippen LogP contribution in [0.5, 0.6) is 0 Å². The summed E-state index contributed by atoms with van der Waals surface area (Å²) in [6.45, 7) is 4.11. The summed E-state index contributed by atoms with van der Waals surface area (Å²) >= 11 is 0. The Labute approximate surface area is 95.9 Å². The standard InChI is InChI=1S/C11H19N3O2/c1-4-5-8(2)14(3)11(16)9-6-7-10(15)13-12-9/h8H,4-7H2,1-3H3,(H,13,15). The first-order chi connectivity index (χ1) is 7.56. The van der Waals surface area contributed by atoms with E-state index in [9.17, 15) is 9.59 Å². The summed E-state index contributed by atoms with van der Waals surface area (Å²) in [6.07, 6.45) is 2.80. The lowest BCUT2D eigenvalue weighted by molar-refractivity contribution is -0.125. The van der Waals surface area contributed by atoms with Crippen LogP contribution in [0.15, 0.2) is 5.10 Å². The van der Waals surface area contributed by atoms with Crippen molar-refractivity contribution in [3.63, 3.8) is 0 Å². The molecular formula is C11H19N3O2. The van der Waals surface area contributed by atoms with Crippen molar-refractivity contribution in [1.82, 2.24) is 10.3 Å². The van der Waals surface area contributed by atoms with Gasteiger partial charge in [-0.3, -0.25) is 9.59 Å². The second kappa shape index (κ2) is 5.63. The van der Waals surface area contributed by atoms with E-state index >= 15 is 0 Å². The summed E-state index contributed by atoms with van der Waals surface area (Å²) in [7, 11) is 1.78. The number of carbonyl (C=O) groups is 2. The van der Waals surface area contributed by atoms with Crippen LogP contribution in [-0.2, 0) is 9.59 Å². The number of amides is 2. The molecule has 1 aliphatic rings. The summed E-state index contributed by atoms with van der Waals surface area (Å²) in [4.78, 5) is 24.6. The molecule has 5 heteroatoms. The minimum Gasteiger partial charge on any atom is -0.338 e. The molecule has 0 aliphatic carbocycles. The van der Waals surface area contributed by atoms with Crippen LogP contribution in [0.25, 0.3) is 0 Å². The van der Waals surface area contributed by atoms with Gasteiger partial charge in [-0.25, -0.2) is 5.43 Å². The molecule has 0 aromatic rings. The van der Waals surface area contributed by atoms with Gasteiger partial charge in [-0.1, -0.05) is 13.3 Å². The normalized spacial score (nSPS) is 17.4. The Hall–Kier alpha value is -1.39. The van der Waals surface area contributed by atoms with E-state index in [0.717, 1.165) is 12.8 Å². The van der Waals surface area contributed by atoms with E-state index in [4.69, 9.17) is 0 Å². The second-order valence-corrected chi connectivity index (χ2v) is 4.15. The molecule has 0 fully saturated rings. The molecule has 0 aromatic carbocycles. The number of nitrogens with zero attached hydrogens (tertiary/aromatic N) is 2. The molecule has 1 N–H and O–H groups in total. The minimum absolute atomic E-state index is 0.0825. The van der Waals surface area contributed by atoms with Gasteiger partial charge >= 0.3 is 0 Å². The predicted octanol–water partition coefficient (Wildman–Crippen LogP) is 0.899. The summed E-state index contributed by atoms with van der Waals surface area (Å²) < 4.78 is 0. The van der Waals surface area contributed by atoms with E-state index in [1.54, 1.807) is 11.9 Å². The van der Waals surface area contributed by atoms with Gasteiger partial charge in [-0.05, 0) is 13.3 Å². The van der Waals surface area contributed by atoms with Crippen molar-refractivity contribution in [2.75, 3.05) is 7.05 Å². The maximum atomic E-state index is 12.0. The van der Waals surface area contributed by atoms with Gasteiger partial charge in [0.25, 0.3) is 5.91 Å². The van der Waals surface area contributed by atoms with Gasteiger partial charge in [0.1, 0.15) is 5.71 Å². The minimum atomic E-state index is -0.124. The SMILES string of the molecule is CCCC(C)N(C)C(=O)C1=NNC(=O)CC1. The van der Waals surface area contributed by atoms with Crippen LogP contribution in [-0.4, -0.2) is 35.5 Å². The molecule has 1 aliphatic heterocycles. The molecule has 1 heterocycles. The second-order valence-electron chi connectivity index (χ2n) is 4.15. The largest absolute Gasteiger partial charge is 0.338 e. The maximum Gasteiger partial charge on any atom is 0.270 e. The Morgan fingerprint density at radius 2 is 2.25 bits per heavy atom. The zero-order valence-corrected chi connectivity index (χ0v) is 10.1. The summed E-state index contributed by atoms with van der Waals surface area (Å²) in [5.41, 5.74) is 2.79. The predicted molar refractivity (Wildman–Crippen MR) is 62.0 cm³/mol. The Kier molecular flexibility index (Phi) is 4.46. The molecule has 0 saturated carbocycles. The molecule has 0 radical (unpaired) electrons. The van der Waals surface area contributed by atoms with Gasteiger partial charge in [0.05, 0.1) is 0 Å². The highest BCUT2D eigenvalue weighted by Gasteiger charge is 2.23. The van der Waals surface area contributed by atoms with Crippen molar-refractivity contribution in [2.45, 2.75) is 45.6 Å². The maximum absolute atomic E-state index is 12.0. The zero-order chi connectivity index (χ0) is 12.1. The fourth-order valence-electron chi connectivity index (χ4n) is 1.64. The third kappa shape index (κ3) is 3.05. The van der Waals surface area contributed by atoms with Crippen molar-refractivity contribution in [3.05, 3.63) is 0 Å². The van der Waals surface area contributed by atoms with Crippen molar-refractivity contribution in [1.29, 1.82) is 0 Å². The Balaban J connectivity index is 2.60. The Morgan fingerprint density at radius 3 is 2.75 bits per heavy atom. The van der Waals surface area contributed by atoms with E-state index in [1.165, 1.54) is 0 Å². The van der Waals surface area contributed by atoms with Gasteiger partial charge in [0.15, 0.2) is 0 Å². The molecule has 2 amide bonds. The molecule has 90 valence electrons. The van der Waals surface area contributed by atoms with Crippen LogP contribution < -0.4 is 5.43 Å². The first-order valence-corrected chi connectivity index (χ1v) is 5.68. The van der Waals surface area contributed by atoms with Gasteiger partial charge in [0, 0.05) is 25.9 Å². The molecule has 0 aromatic heterocycles. The fourth-order valence-corrected chi connectivity index (χ4v) is 1.64. The number of hydrogen-bond donors (Lipinski definition) is 1. The van der Waals surface area contributed by atoms with Crippen LogP contribution in [0.4, 0.5) is 0 Å². The van der Waals surface area contributed by atoms with Crippen molar-refractivity contribution in [3.8, 4) is 0 Å². The smallest absolute Gasteiger partial charge is 0.270 e. The molecular weight excluding hydrogens is 206 g/mol. The highest BCUT2D eigenvalue weighted by atomic mass is 16.2. The third-order valence-corrected chi connectivity index (χ3v) is 2.84. The van der Waals surface area contributed by atoms with Gasteiger partial charge in [-0.15, -0.1) is 0 Å². The average Bonchev–Trinajstić information content (AvgIpc) is 2.28. The topological polar surface area (TPSA) is 61.8 Å². The fraction of sp³-hybridized carbons (Fsp3) is 0.727. The molecule has 16 heavy (non-hydrogen) atoms. The highest BCUT2D eigenvalue weighted by molar-refractivity contribution is 6.39. The summed E-state index contributed by atoms with van der Waals surface area (Å²) in [6, 6.07) is 0.206. The van der Waals surface area contributed by atoms with Crippen molar-refractivity contribution in [2.24, 2.45) is 5.10 Å². The van der Waals surface area contributed by atoms with Crippen LogP contribution in [0.3, 0.4) is 0 Å². The van der Waals surface area contributed by atoms with E-state index < -0.39 is 0 Å². The number of carbonyl (C=O) groups excluding carboxylic acids is 2. The first-order valence-electron chi connectivity index (χ1n) is 5.68. The molecule has 1 rings (SSSR count). The Morgan fingerprint density at radius 1 is 1.56 bits per heavy atom. The first kappa shape index (κ1) is 12.7. The van der Waals surface area contributed by atoms with E-state index in [-0.39, 0.29) is 17.9 Å². The van der Waals surface area contributed by atoms with E-state index in [1.807, 2.05) is 6.92 Å². The summed E-state index contributed by atoms with van der Waals surface area (Å²) in [5, 5.41) is 3.80. The lowest BCUT2D eigenvalue weighted by Gasteiger charge is -2.25. The van der Waals surface area contributed by atoms with Crippen LogP contribution in [0, 0.1) is 0 Å². The summed E-state index contributed by atoms with van der Waals surface area (Å²) in [5.74, 6) is -0.207. The molecule has 0 spiro atoms. The molecule has 5 nitrogen and oxygen atoms in total. The average molecular weight is 225 g/mol. The zero-order valence-electron chi connectivity index (χ0n) is 10.1. The number of rotatable bonds is 4. The lowest BCUT2D eigenvalue weighted by atomic mass is 10.1. The van der Waals surface area contributed by atoms with Crippen molar-refractivity contribution < 1.29 is 9.59 Å².